The molecule has 3 nitrogen and oxygen atoms in total. The lowest BCUT2D eigenvalue weighted by Gasteiger charge is -2.12. The van der Waals surface area contributed by atoms with Crippen LogP contribution in [0.4, 0.5) is 0 Å². The first-order chi connectivity index (χ1) is 15.2. The van der Waals surface area contributed by atoms with E-state index in [2.05, 4.69) is 67.6 Å². The molecule has 0 aliphatic carbocycles. The predicted molar refractivity (Wildman–Crippen MR) is 129 cm³/mol. The van der Waals surface area contributed by atoms with E-state index in [1.165, 1.54) is 0 Å². The number of furan rings is 1. The van der Waals surface area contributed by atoms with Crippen LogP contribution in [0.15, 0.2) is 89.4 Å². The van der Waals surface area contributed by atoms with Crippen molar-refractivity contribution in [1.82, 2.24) is 9.97 Å². The van der Waals surface area contributed by atoms with Gasteiger partial charge in [-0.3, -0.25) is 0 Å². The van der Waals surface area contributed by atoms with E-state index in [0.717, 1.165) is 66.3 Å². The Hall–Kier alpha value is -3.98. The molecule has 0 atom stereocenters. The number of hydrogen-bond donors (Lipinski definition) is 0. The molecule has 2 aromatic heterocycles. The molecule has 0 aliphatic heterocycles. The predicted octanol–water partition coefficient (Wildman–Crippen LogP) is 7.77. The van der Waals surface area contributed by atoms with Gasteiger partial charge < -0.3 is 4.42 Å². The summed E-state index contributed by atoms with van der Waals surface area (Å²) < 4.78 is 6.28. The van der Waals surface area contributed by atoms with Crippen molar-refractivity contribution in [2.24, 2.45) is 0 Å². The molecular weight excluding hydrogens is 380 g/mol. The van der Waals surface area contributed by atoms with Crippen LogP contribution in [0.25, 0.3) is 60.4 Å². The van der Waals surface area contributed by atoms with Gasteiger partial charge in [-0.2, -0.15) is 0 Å². The van der Waals surface area contributed by atoms with Crippen molar-refractivity contribution in [2.75, 3.05) is 0 Å². The normalized spacial score (nSPS) is 12.4. The lowest BCUT2D eigenvalue weighted by Crippen LogP contribution is -1.97. The third kappa shape index (κ3) is 2.67. The number of nitrogens with zero attached hydrogens (tertiary/aromatic N) is 2. The first-order valence-corrected chi connectivity index (χ1v) is 10.5. The van der Waals surface area contributed by atoms with Crippen LogP contribution in [-0.2, 0) is 0 Å². The highest BCUT2D eigenvalue weighted by Gasteiger charge is 2.16. The summed E-state index contributed by atoms with van der Waals surface area (Å²) in [7, 11) is 0. The highest BCUT2D eigenvalue weighted by atomic mass is 16.3. The highest BCUT2D eigenvalue weighted by molar-refractivity contribution is 6.18. The van der Waals surface area contributed by atoms with Gasteiger partial charge in [0.25, 0.3) is 0 Å². The summed E-state index contributed by atoms with van der Waals surface area (Å²) in [6.45, 7) is 4.07. The summed E-state index contributed by atoms with van der Waals surface area (Å²) in [4.78, 5) is 9.80. The molecule has 148 valence electrons. The maximum absolute atomic E-state index is 6.28. The summed E-state index contributed by atoms with van der Waals surface area (Å²) in [5.74, 6) is 0.762. The van der Waals surface area contributed by atoms with Gasteiger partial charge in [-0.05, 0) is 43.0 Å². The minimum absolute atomic E-state index is 0.762. The Kier molecular flexibility index (Phi) is 3.90. The number of allylic oxidation sites excluding steroid dienone is 2. The van der Waals surface area contributed by atoms with Gasteiger partial charge in [0, 0.05) is 27.1 Å². The van der Waals surface area contributed by atoms with Crippen LogP contribution in [-0.4, -0.2) is 9.97 Å². The van der Waals surface area contributed by atoms with E-state index in [1.54, 1.807) is 0 Å². The van der Waals surface area contributed by atoms with Crippen molar-refractivity contribution in [3.63, 3.8) is 0 Å². The van der Waals surface area contributed by atoms with E-state index in [4.69, 9.17) is 14.4 Å². The number of para-hydroxylation sites is 2. The van der Waals surface area contributed by atoms with E-state index in [-0.39, 0.29) is 0 Å². The van der Waals surface area contributed by atoms with Gasteiger partial charge >= 0.3 is 0 Å². The molecule has 3 heteroatoms. The Balaban J connectivity index is 1.72. The standard InChI is InChI=1S/C28H20N2O/c1-3-17(2)28-29-24-13-6-4-10-23(24)26(30-28)20-11-8-12-21-18(20)15-16-22-19-9-5-7-14-25(19)31-27(21)22/h3-16H,1-2H3/b17-3+. The zero-order valence-electron chi connectivity index (χ0n) is 17.4. The fourth-order valence-electron chi connectivity index (χ4n) is 4.33. The molecule has 0 unspecified atom stereocenters. The average molecular weight is 400 g/mol. The number of hydrogen-bond acceptors (Lipinski definition) is 3. The molecule has 0 radical (unpaired) electrons. The molecule has 0 fully saturated rings. The molecule has 0 N–H and O–H groups in total. The van der Waals surface area contributed by atoms with Gasteiger partial charge in [0.2, 0.25) is 0 Å². The second kappa shape index (κ2) is 6.78. The van der Waals surface area contributed by atoms with Crippen molar-refractivity contribution in [2.45, 2.75) is 13.8 Å². The minimum Gasteiger partial charge on any atom is -0.455 e. The van der Waals surface area contributed by atoms with Crippen molar-refractivity contribution >= 4 is 49.2 Å². The van der Waals surface area contributed by atoms with Crippen LogP contribution < -0.4 is 0 Å². The van der Waals surface area contributed by atoms with Crippen LogP contribution >= 0.6 is 0 Å². The van der Waals surface area contributed by atoms with Gasteiger partial charge in [0.1, 0.15) is 11.2 Å². The molecule has 0 bridgehead atoms. The van der Waals surface area contributed by atoms with Crippen LogP contribution in [0.1, 0.15) is 19.7 Å². The smallest absolute Gasteiger partial charge is 0.155 e. The van der Waals surface area contributed by atoms with E-state index in [1.807, 2.05) is 31.2 Å². The van der Waals surface area contributed by atoms with Gasteiger partial charge in [0.15, 0.2) is 5.82 Å². The second-order valence-corrected chi connectivity index (χ2v) is 7.83. The van der Waals surface area contributed by atoms with Crippen molar-refractivity contribution in [1.29, 1.82) is 0 Å². The van der Waals surface area contributed by atoms with Crippen molar-refractivity contribution in [3.05, 3.63) is 90.8 Å². The Labute approximate surface area is 179 Å². The second-order valence-electron chi connectivity index (χ2n) is 7.83. The molecule has 2 heterocycles. The monoisotopic (exact) mass is 400 g/mol. The molecule has 0 spiro atoms. The summed E-state index contributed by atoms with van der Waals surface area (Å²) >= 11 is 0. The molecule has 0 saturated heterocycles. The largest absolute Gasteiger partial charge is 0.455 e. The van der Waals surface area contributed by atoms with Crippen molar-refractivity contribution in [3.8, 4) is 11.3 Å². The Morgan fingerprint density at radius 3 is 2.29 bits per heavy atom. The summed E-state index contributed by atoms with van der Waals surface area (Å²) in [5.41, 5.74) is 5.88. The topological polar surface area (TPSA) is 38.9 Å². The van der Waals surface area contributed by atoms with Gasteiger partial charge in [-0.15, -0.1) is 0 Å². The molecule has 4 aromatic carbocycles. The van der Waals surface area contributed by atoms with E-state index in [0.29, 0.717) is 0 Å². The minimum atomic E-state index is 0.762. The van der Waals surface area contributed by atoms with Crippen LogP contribution in [0.2, 0.25) is 0 Å². The van der Waals surface area contributed by atoms with E-state index < -0.39 is 0 Å². The van der Waals surface area contributed by atoms with Crippen LogP contribution in [0, 0.1) is 0 Å². The Morgan fingerprint density at radius 2 is 1.42 bits per heavy atom. The van der Waals surface area contributed by atoms with E-state index >= 15 is 0 Å². The summed E-state index contributed by atoms with van der Waals surface area (Å²) in [6, 6.07) is 27.1. The summed E-state index contributed by atoms with van der Waals surface area (Å²) in [5, 5.41) is 5.55. The first-order valence-electron chi connectivity index (χ1n) is 10.5. The first kappa shape index (κ1) is 17.8. The average Bonchev–Trinajstić information content (AvgIpc) is 3.21. The lowest BCUT2D eigenvalue weighted by molar-refractivity contribution is 0.672. The fraction of sp³-hybridized carbons (Fsp3) is 0.0714. The Bertz CT molecular complexity index is 1660. The molecule has 0 aliphatic rings. The molecule has 0 saturated carbocycles. The lowest BCUT2D eigenvalue weighted by atomic mass is 9.97. The number of fused-ring (bicyclic) bond motifs is 6. The molecule has 0 amide bonds. The molecule has 6 rings (SSSR count). The SMILES string of the molecule is C/C=C(\C)c1nc(-c2cccc3c2ccc2c4ccccc4oc32)c2ccccc2n1. The van der Waals surface area contributed by atoms with Crippen LogP contribution in [0.5, 0.6) is 0 Å². The van der Waals surface area contributed by atoms with Crippen molar-refractivity contribution < 1.29 is 4.42 Å². The van der Waals surface area contributed by atoms with Crippen LogP contribution in [0.3, 0.4) is 0 Å². The van der Waals surface area contributed by atoms with Gasteiger partial charge in [-0.1, -0.05) is 66.7 Å². The molecule has 6 aromatic rings. The highest BCUT2D eigenvalue weighted by Crippen LogP contribution is 2.38. The zero-order valence-corrected chi connectivity index (χ0v) is 17.4. The van der Waals surface area contributed by atoms with Gasteiger partial charge in [0.05, 0.1) is 11.2 Å². The number of aromatic nitrogens is 2. The maximum Gasteiger partial charge on any atom is 0.155 e. The third-order valence-corrected chi connectivity index (χ3v) is 6.05. The third-order valence-electron chi connectivity index (χ3n) is 6.05. The van der Waals surface area contributed by atoms with Gasteiger partial charge in [-0.25, -0.2) is 9.97 Å². The number of rotatable bonds is 2. The maximum atomic E-state index is 6.28. The van der Waals surface area contributed by atoms with E-state index in [9.17, 15) is 0 Å². The fourth-order valence-corrected chi connectivity index (χ4v) is 4.33. The zero-order chi connectivity index (χ0) is 20.9. The number of benzene rings is 4. The quantitative estimate of drug-likeness (QED) is 0.298. The summed E-state index contributed by atoms with van der Waals surface area (Å²) in [6.07, 6.45) is 2.05. The Morgan fingerprint density at radius 1 is 0.710 bits per heavy atom. The molecule has 31 heavy (non-hydrogen) atoms. The molecular formula is C28H20N2O.